The monoisotopic (exact) mass is 402 g/mol. The third-order valence-electron chi connectivity index (χ3n) is 5.71. The highest BCUT2D eigenvalue weighted by atomic mass is 16.6. The molecule has 2 fully saturated rings. The van der Waals surface area contributed by atoms with Crippen LogP contribution in [0.1, 0.15) is 64.9 Å². The van der Waals surface area contributed by atoms with Gasteiger partial charge in [-0.05, 0) is 70.8 Å². The number of piperidine rings is 2. The van der Waals surface area contributed by atoms with Crippen molar-refractivity contribution in [3.05, 3.63) is 35.9 Å². The van der Waals surface area contributed by atoms with Gasteiger partial charge in [0.1, 0.15) is 12.2 Å². The Bertz CT molecular complexity index is 672. The maximum Gasteiger partial charge on any atom is 0.410 e. The molecule has 2 aliphatic rings. The minimum Gasteiger partial charge on any atom is -0.445 e. The van der Waals surface area contributed by atoms with Gasteiger partial charge in [-0.25, -0.2) is 9.59 Å². The minimum absolute atomic E-state index is 0.173. The first kappa shape index (κ1) is 21.5. The van der Waals surface area contributed by atoms with E-state index in [0.717, 1.165) is 37.7 Å². The average molecular weight is 403 g/mol. The van der Waals surface area contributed by atoms with Gasteiger partial charge >= 0.3 is 12.2 Å². The first-order valence-corrected chi connectivity index (χ1v) is 10.8. The quantitative estimate of drug-likeness (QED) is 0.763. The van der Waals surface area contributed by atoms with Crippen molar-refractivity contribution in [1.29, 1.82) is 0 Å². The zero-order valence-corrected chi connectivity index (χ0v) is 17.9. The summed E-state index contributed by atoms with van der Waals surface area (Å²) < 4.78 is 10.9. The lowest BCUT2D eigenvalue weighted by Gasteiger charge is -2.48. The molecule has 2 amide bonds. The fourth-order valence-electron chi connectivity index (χ4n) is 4.49. The van der Waals surface area contributed by atoms with E-state index in [1.54, 1.807) is 0 Å². The smallest absolute Gasteiger partial charge is 0.410 e. The van der Waals surface area contributed by atoms with E-state index in [9.17, 15) is 9.59 Å². The van der Waals surface area contributed by atoms with Crippen molar-refractivity contribution in [3.8, 4) is 0 Å². The summed E-state index contributed by atoms with van der Waals surface area (Å²) in [6.45, 7) is 6.62. The molecule has 1 aromatic rings. The summed E-state index contributed by atoms with van der Waals surface area (Å²) in [7, 11) is 0. The lowest BCUT2D eigenvalue weighted by Crippen LogP contribution is -2.56. The van der Waals surface area contributed by atoms with Gasteiger partial charge in [0.2, 0.25) is 0 Å². The van der Waals surface area contributed by atoms with Gasteiger partial charge < -0.3 is 19.7 Å². The van der Waals surface area contributed by atoms with E-state index in [4.69, 9.17) is 9.47 Å². The molecule has 0 aromatic heterocycles. The molecular weight excluding hydrogens is 368 g/mol. The zero-order chi connectivity index (χ0) is 20.9. The Morgan fingerprint density at radius 3 is 2.38 bits per heavy atom. The highest BCUT2D eigenvalue weighted by Gasteiger charge is 2.42. The van der Waals surface area contributed by atoms with Crippen LogP contribution in [0.4, 0.5) is 9.59 Å². The SMILES string of the molecule is CC(C)(C)OC(=O)N1C2CCCC1CC(CCNC(=O)OCc1ccccc1)C2. The van der Waals surface area contributed by atoms with Crippen LogP contribution in [0.2, 0.25) is 0 Å². The molecule has 0 radical (unpaired) electrons. The van der Waals surface area contributed by atoms with Gasteiger partial charge in [0.25, 0.3) is 0 Å². The molecule has 1 aromatic carbocycles. The Labute approximate surface area is 173 Å². The predicted octanol–water partition coefficient (Wildman–Crippen LogP) is 4.87. The first-order chi connectivity index (χ1) is 13.8. The number of carbonyl (C=O) groups excluding carboxylic acids is 2. The molecule has 2 heterocycles. The van der Waals surface area contributed by atoms with Crippen molar-refractivity contribution in [2.75, 3.05) is 6.54 Å². The van der Waals surface area contributed by atoms with E-state index in [0.29, 0.717) is 12.5 Å². The van der Waals surface area contributed by atoms with Gasteiger partial charge in [-0.3, -0.25) is 0 Å². The van der Waals surface area contributed by atoms with Crippen LogP contribution >= 0.6 is 0 Å². The number of hydrogen-bond acceptors (Lipinski definition) is 4. The van der Waals surface area contributed by atoms with E-state index in [-0.39, 0.29) is 30.9 Å². The topological polar surface area (TPSA) is 67.9 Å². The second-order valence-electron chi connectivity index (χ2n) is 9.24. The van der Waals surface area contributed by atoms with Crippen LogP contribution in [0.5, 0.6) is 0 Å². The van der Waals surface area contributed by atoms with Crippen molar-refractivity contribution in [1.82, 2.24) is 10.2 Å². The molecule has 1 N–H and O–H groups in total. The number of amides is 2. The number of nitrogens with one attached hydrogen (secondary N) is 1. The third kappa shape index (κ3) is 6.38. The number of ether oxygens (including phenoxy) is 2. The molecule has 3 rings (SSSR count). The lowest BCUT2D eigenvalue weighted by molar-refractivity contribution is -0.0286. The third-order valence-corrected chi connectivity index (χ3v) is 5.71. The number of fused-ring (bicyclic) bond motifs is 2. The van der Waals surface area contributed by atoms with E-state index < -0.39 is 5.60 Å². The summed E-state index contributed by atoms with van der Waals surface area (Å²) in [5, 5.41) is 2.86. The van der Waals surface area contributed by atoms with Gasteiger partial charge in [0, 0.05) is 18.6 Å². The number of alkyl carbamates (subject to hydrolysis) is 1. The molecule has 0 spiro atoms. The predicted molar refractivity (Wildman–Crippen MR) is 111 cm³/mol. The second kappa shape index (κ2) is 9.51. The Balaban J connectivity index is 1.42. The Morgan fingerprint density at radius 1 is 1.10 bits per heavy atom. The van der Waals surface area contributed by atoms with Crippen molar-refractivity contribution >= 4 is 12.2 Å². The Kier molecular flexibility index (Phi) is 7.04. The van der Waals surface area contributed by atoms with Gasteiger partial charge in [0.15, 0.2) is 0 Å². The standard InChI is InChI=1S/C23H34N2O4/c1-23(2,3)29-22(27)25-19-10-7-11-20(25)15-18(14-19)12-13-24-21(26)28-16-17-8-5-4-6-9-17/h4-6,8-9,18-20H,7,10-16H2,1-3H3,(H,24,26). The van der Waals surface area contributed by atoms with Crippen LogP contribution in [-0.2, 0) is 16.1 Å². The van der Waals surface area contributed by atoms with Crippen LogP contribution in [0, 0.1) is 5.92 Å². The molecular formula is C23H34N2O4. The van der Waals surface area contributed by atoms with E-state index in [1.165, 1.54) is 6.42 Å². The van der Waals surface area contributed by atoms with E-state index in [2.05, 4.69) is 5.32 Å². The molecule has 160 valence electrons. The number of hydrogen-bond donors (Lipinski definition) is 1. The summed E-state index contributed by atoms with van der Waals surface area (Å²) in [6, 6.07) is 10.2. The van der Waals surface area contributed by atoms with Crippen molar-refractivity contribution in [2.45, 2.75) is 83.6 Å². The van der Waals surface area contributed by atoms with Crippen LogP contribution in [0.25, 0.3) is 0 Å². The molecule has 6 nitrogen and oxygen atoms in total. The van der Waals surface area contributed by atoms with Crippen LogP contribution in [-0.4, -0.2) is 41.3 Å². The van der Waals surface area contributed by atoms with Crippen LogP contribution in [0.15, 0.2) is 30.3 Å². The number of benzene rings is 1. The maximum atomic E-state index is 12.7. The minimum atomic E-state index is -0.466. The number of nitrogens with zero attached hydrogens (tertiary/aromatic N) is 1. The second-order valence-corrected chi connectivity index (χ2v) is 9.24. The lowest BCUT2D eigenvalue weighted by atomic mass is 9.77. The van der Waals surface area contributed by atoms with Gasteiger partial charge in [-0.15, -0.1) is 0 Å². The van der Waals surface area contributed by atoms with Crippen LogP contribution in [0.3, 0.4) is 0 Å². The number of rotatable bonds is 5. The highest BCUT2D eigenvalue weighted by molar-refractivity contribution is 5.69. The Morgan fingerprint density at radius 2 is 1.76 bits per heavy atom. The molecule has 0 aliphatic carbocycles. The summed E-state index contributed by atoms with van der Waals surface area (Å²) in [6.07, 6.45) is 5.58. The Hall–Kier alpha value is -2.24. The highest BCUT2D eigenvalue weighted by Crippen LogP contribution is 2.39. The summed E-state index contributed by atoms with van der Waals surface area (Å²) in [4.78, 5) is 26.6. The summed E-state index contributed by atoms with van der Waals surface area (Å²) in [5.74, 6) is 0.512. The molecule has 2 unspecified atom stereocenters. The fourth-order valence-corrected chi connectivity index (χ4v) is 4.49. The van der Waals surface area contributed by atoms with Crippen molar-refractivity contribution < 1.29 is 19.1 Å². The molecule has 0 saturated carbocycles. The number of carbonyl (C=O) groups is 2. The normalized spacial score (nSPS) is 24.0. The van der Waals surface area contributed by atoms with Gasteiger partial charge in [0.05, 0.1) is 0 Å². The van der Waals surface area contributed by atoms with Crippen molar-refractivity contribution in [3.63, 3.8) is 0 Å². The molecule has 2 aliphatic heterocycles. The molecule has 2 saturated heterocycles. The molecule has 2 atom stereocenters. The largest absolute Gasteiger partial charge is 0.445 e. The average Bonchev–Trinajstić information content (AvgIpc) is 2.65. The van der Waals surface area contributed by atoms with Crippen molar-refractivity contribution in [2.24, 2.45) is 5.92 Å². The molecule has 2 bridgehead atoms. The fraction of sp³-hybridized carbons (Fsp3) is 0.652. The molecule has 29 heavy (non-hydrogen) atoms. The van der Waals surface area contributed by atoms with Gasteiger partial charge in [-0.1, -0.05) is 30.3 Å². The summed E-state index contributed by atoms with van der Waals surface area (Å²) in [5.41, 5.74) is 0.511. The van der Waals surface area contributed by atoms with Gasteiger partial charge in [-0.2, -0.15) is 0 Å². The van der Waals surface area contributed by atoms with Crippen LogP contribution < -0.4 is 5.32 Å². The van der Waals surface area contributed by atoms with E-state index in [1.807, 2.05) is 56.0 Å². The maximum absolute atomic E-state index is 12.7. The molecule has 6 heteroatoms. The first-order valence-electron chi connectivity index (χ1n) is 10.8. The zero-order valence-electron chi connectivity index (χ0n) is 17.9. The summed E-state index contributed by atoms with van der Waals surface area (Å²) >= 11 is 0. The van der Waals surface area contributed by atoms with E-state index >= 15 is 0 Å².